The lowest BCUT2D eigenvalue weighted by Crippen LogP contribution is -2.36. The van der Waals surface area contributed by atoms with Gasteiger partial charge in [0.1, 0.15) is 0 Å². The van der Waals surface area contributed by atoms with E-state index in [1.165, 1.54) is 0 Å². The van der Waals surface area contributed by atoms with Gasteiger partial charge in [-0.15, -0.1) is 0 Å². The highest BCUT2D eigenvalue weighted by molar-refractivity contribution is 9.09. The van der Waals surface area contributed by atoms with Crippen LogP contribution in [-0.2, 0) is 0 Å². The molecule has 4 heteroatoms. The van der Waals surface area contributed by atoms with Crippen LogP contribution in [-0.4, -0.2) is 19.1 Å². The Balaban J connectivity index is 2.37. The number of carbonyl (C=O) groups is 1. The summed E-state index contributed by atoms with van der Waals surface area (Å²) in [6.07, 6.45) is 0. The van der Waals surface area contributed by atoms with Gasteiger partial charge in [-0.1, -0.05) is 46.3 Å². The molecule has 0 aromatic heterocycles. The number of benzene rings is 1. The Hall–Kier alpha value is -1.03. The third-order valence-corrected chi connectivity index (χ3v) is 2.79. The van der Waals surface area contributed by atoms with Crippen LogP contribution in [0.1, 0.15) is 17.3 Å². The Kier molecular flexibility index (Phi) is 5.18. The molecule has 1 rings (SSSR count). The Labute approximate surface area is 98.4 Å². The normalized spacial score (nSPS) is 11.9. The van der Waals surface area contributed by atoms with Crippen molar-refractivity contribution in [3.8, 4) is 0 Å². The van der Waals surface area contributed by atoms with Gasteiger partial charge in [0.15, 0.2) is 0 Å². The maximum absolute atomic E-state index is 11.1. The molecule has 15 heavy (non-hydrogen) atoms. The van der Waals surface area contributed by atoms with Gasteiger partial charge in [0.2, 0.25) is 0 Å². The van der Waals surface area contributed by atoms with Crippen LogP contribution in [0, 0.1) is 0 Å². The molecule has 0 aliphatic carbocycles. The highest BCUT2D eigenvalue weighted by Gasteiger charge is 2.07. The maximum Gasteiger partial charge on any atom is 0.314 e. The zero-order chi connectivity index (χ0) is 11.1. The molecular formula is C11H15BrN2O. The first-order chi connectivity index (χ1) is 7.24. The second kappa shape index (κ2) is 6.45. The summed E-state index contributed by atoms with van der Waals surface area (Å²) in [7, 11) is 0. The molecule has 0 bridgehead atoms. The average molecular weight is 271 g/mol. The van der Waals surface area contributed by atoms with Crippen LogP contribution in [0.2, 0.25) is 0 Å². The van der Waals surface area contributed by atoms with Crippen LogP contribution in [0.25, 0.3) is 0 Å². The number of hydrogen-bond donors (Lipinski definition) is 2. The lowest BCUT2D eigenvalue weighted by atomic mass is 10.1. The molecule has 0 aliphatic heterocycles. The van der Waals surface area contributed by atoms with Gasteiger partial charge in [-0.3, -0.25) is 0 Å². The Bertz CT molecular complexity index is 303. The van der Waals surface area contributed by atoms with Crippen LogP contribution in [0.5, 0.6) is 0 Å². The summed E-state index contributed by atoms with van der Waals surface area (Å²) < 4.78 is 0. The van der Waals surface area contributed by atoms with E-state index in [9.17, 15) is 4.79 Å². The van der Waals surface area contributed by atoms with Gasteiger partial charge in [0, 0.05) is 13.1 Å². The van der Waals surface area contributed by atoms with Crippen molar-refractivity contribution in [2.45, 2.75) is 11.8 Å². The van der Waals surface area contributed by atoms with E-state index in [4.69, 9.17) is 0 Å². The minimum Gasteiger partial charge on any atom is -0.338 e. The lowest BCUT2D eigenvalue weighted by molar-refractivity contribution is 0.241. The summed E-state index contributed by atoms with van der Waals surface area (Å²) in [5, 5.41) is 5.47. The lowest BCUT2D eigenvalue weighted by Gasteiger charge is -2.11. The van der Waals surface area contributed by atoms with E-state index >= 15 is 0 Å². The third-order valence-electron chi connectivity index (χ3n) is 1.94. The first-order valence-corrected chi connectivity index (χ1v) is 5.86. The summed E-state index contributed by atoms with van der Waals surface area (Å²) in [6.45, 7) is 3.11. The molecule has 2 N–H and O–H groups in total. The van der Waals surface area contributed by atoms with E-state index in [1.54, 1.807) is 0 Å². The first kappa shape index (κ1) is 12.0. The molecule has 1 unspecified atom stereocenters. The highest BCUT2D eigenvalue weighted by atomic mass is 79.9. The number of halogens is 1. The highest BCUT2D eigenvalue weighted by Crippen LogP contribution is 2.20. The fourth-order valence-corrected chi connectivity index (χ4v) is 1.65. The van der Waals surface area contributed by atoms with Gasteiger partial charge < -0.3 is 10.6 Å². The molecule has 0 saturated heterocycles. The number of carbonyl (C=O) groups excluding carboxylic acids is 1. The monoisotopic (exact) mass is 270 g/mol. The van der Waals surface area contributed by atoms with Crippen LogP contribution < -0.4 is 10.6 Å². The number of amides is 2. The van der Waals surface area contributed by atoms with E-state index in [2.05, 4.69) is 26.6 Å². The minimum absolute atomic E-state index is 0.127. The molecule has 2 amide bonds. The van der Waals surface area contributed by atoms with Crippen LogP contribution >= 0.6 is 15.9 Å². The molecule has 3 nitrogen and oxygen atoms in total. The SMILES string of the molecule is CCNC(=O)NCC(Br)c1ccccc1. The zero-order valence-corrected chi connectivity index (χ0v) is 10.3. The topological polar surface area (TPSA) is 41.1 Å². The molecule has 0 radical (unpaired) electrons. The molecule has 0 aliphatic rings. The van der Waals surface area contributed by atoms with Gasteiger partial charge in [0.05, 0.1) is 4.83 Å². The molecule has 1 atom stereocenters. The maximum atomic E-state index is 11.1. The quantitative estimate of drug-likeness (QED) is 0.811. The number of rotatable bonds is 4. The summed E-state index contributed by atoms with van der Waals surface area (Å²) in [5.74, 6) is 0. The van der Waals surface area contributed by atoms with E-state index in [-0.39, 0.29) is 10.9 Å². The van der Waals surface area contributed by atoms with Crippen molar-refractivity contribution in [3.63, 3.8) is 0 Å². The molecule has 1 aromatic carbocycles. The second-order valence-corrected chi connectivity index (χ2v) is 4.22. The van der Waals surface area contributed by atoms with E-state index in [1.807, 2.05) is 37.3 Å². The molecule has 82 valence electrons. The number of nitrogens with one attached hydrogen (secondary N) is 2. The second-order valence-electron chi connectivity index (χ2n) is 3.12. The first-order valence-electron chi connectivity index (χ1n) is 4.94. The van der Waals surface area contributed by atoms with Gasteiger partial charge in [0.25, 0.3) is 0 Å². The Morgan fingerprint density at radius 1 is 1.33 bits per heavy atom. The number of hydrogen-bond acceptors (Lipinski definition) is 1. The molecular weight excluding hydrogens is 256 g/mol. The van der Waals surface area contributed by atoms with Crippen molar-refractivity contribution in [2.75, 3.05) is 13.1 Å². The molecule has 0 fully saturated rings. The van der Waals surface area contributed by atoms with E-state index in [0.29, 0.717) is 13.1 Å². The smallest absolute Gasteiger partial charge is 0.314 e. The van der Waals surface area contributed by atoms with E-state index in [0.717, 1.165) is 5.56 Å². The summed E-state index contributed by atoms with van der Waals surface area (Å²) in [5.41, 5.74) is 1.16. The van der Waals surface area contributed by atoms with Crippen LogP contribution in [0.4, 0.5) is 4.79 Å². The average Bonchev–Trinajstić information content (AvgIpc) is 2.27. The molecule has 0 heterocycles. The van der Waals surface area contributed by atoms with Crippen molar-refractivity contribution >= 4 is 22.0 Å². The van der Waals surface area contributed by atoms with Gasteiger partial charge in [-0.05, 0) is 12.5 Å². The van der Waals surface area contributed by atoms with Crippen molar-refractivity contribution in [1.29, 1.82) is 0 Å². The zero-order valence-electron chi connectivity index (χ0n) is 8.66. The van der Waals surface area contributed by atoms with Gasteiger partial charge in [-0.2, -0.15) is 0 Å². The predicted octanol–water partition coefficient (Wildman–Crippen LogP) is 2.44. The van der Waals surface area contributed by atoms with Gasteiger partial charge in [-0.25, -0.2) is 4.79 Å². The number of alkyl halides is 1. The Morgan fingerprint density at radius 3 is 2.60 bits per heavy atom. The fourth-order valence-electron chi connectivity index (χ4n) is 1.19. The standard InChI is InChI=1S/C11H15BrN2O/c1-2-13-11(15)14-8-10(12)9-6-4-3-5-7-9/h3-7,10H,2,8H2,1H3,(H2,13,14,15). The fraction of sp³-hybridized carbons (Fsp3) is 0.364. The largest absolute Gasteiger partial charge is 0.338 e. The van der Waals surface area contributed by atoms with Crippen molar-refractivity contribution in [3.05, 3.63) is 35.9 Å². The summed E-state index contributed by atoms with van der Waals surface area (Å²) in [6, 6.07) is 9.86. The van der Waals surface area contributed by atoms with E-state index < -0.39 is 0 Å². The van der Waals surface area contributed by atoms with Crippen LogP contribution in [0.3, 0.4) is 0 Å². The van der Waals surface area contributed by atoms with Gasteiger partial charge >= 0.3 is 6.03 Å². The summed E-state index contributed by atoms with van der Waals surface area (Å²) >= 11 is 3.52. The Morgan fingerprint density at radius 2 is 2.00 bits per heavy atom. The van der Waals surface area contributed by atoms with Crippen molar-refractivity contribution in [2.24, 2.45) is 0 Å². The molecule has 1 aromatic rings. The predicted molar refractivity (Wildman–Crippen MR) is 65.2 cm³/mol. The number of urea groups is 1. The minimum atomic E-state index is -0.127. The van der Waals surface area contributed by atoms with Crippen molar-refractivity contribution in [1.82, 2.24) is 10.6 Å². The molecule has 0 saturated carbocycles. The third kappa shape index (κ3) is 4.34. The summed E-state index contributed by atoms with van der Waals surface area (Å²) in [4.78, 5) is 11.3. The van der Waals surface area contributed by atoms with Crippen LogP contribution in [0.15, 0.2) is 30.3 Å². The van der Waals surface area contributed by atoms with Crippen molar-refractivity contribution < 1.29 is 4.79 Å². The molecule has 0 spiro atoms.